The van der Waals surface area contributed by atoms with Crippen LogP contribution in [0.1, 0.15) is 5.56 Å². The number of halogens is 3. The quantitative estimate of drug-likeness (QED) is 0.809. The average Bonchev–Trinajstić information content (AvgIpc) is 2.27. The fraction of sp³-hybridized carbons (Fsp3) is 0.333. The van der Waals surface area contributed by atoms with E-state index in [1.807, 2.05) is 30.3 Å². The van der Waals surface area contributed by atoms with E-state index in [1.165, 1.54) is 0 Å². The van der Waals surface area contributed by atoms with Crippen molar-refractivity contribution in [1.29, 1.82) is 0 Å². The zero-order valence-electron chi connectivity index (χ0n) is 9.02. The van der Waals surface area contributed by atoms with Crippen molar-refractivity contribution in [3.05, 3.63) is 48.0 Å². The predicted octanol–water partition coefficient (Wildman–Crippen LogP) is 2.68. The number of aliphatic hydroxyl groups is 1. The molecule has 0 aromatic heterocycles. The summed E-state index contributed by atoms with van der Waals surface area (Å²) in [5, 5.41) is 9.18. The molecule has 5 heteroatoms. The van der Waals surface area contributed by atoms with E-state index in [1.54, 1.807) is 0 Å². The summed E-state index contributed by atoms with van der Waals surface area (Å²) in [4.78, 5) is 0. The van der Waals surface area contributed by atoms with Crippen molar-refractivity contribution in [2.24, 2.45) is 0 Å². The molecule has 1 aromatic carbocycles. The molecule has 0 unspecified atom stereocenters. The number of hydrogen-bond donors (Lipinski definition) is 1. The van der Waals surface area contributed by atoms with Crippen molar-refractivity contribution in [1.82, 2.24) is 0 Å². The van der Waals surface area contributed by atoms with E-state index >= 15 is 0 Å². The van der Waals surface area contributed by atoms with Crippen molar-refractivity contribution >= 4 is 0 Å². The Morgan fingerprint density at radius 1 is 1.24 bits per heavy atom. The van der Waals surface area contributed by atoms with Crippen LogP contribution in [0.25, 0.3) is 0 Å². The lowest BCUT2D eigenvalue weighted by Gasteiger charge is -2.07. The molecule has 0 radical (unpaired) electrons. The summed E-state index contributed by atoms with van der Waals surface area (Å²) in [6.45, 7) is 0.0965. The van der Waals surface area contributed by atoms with Gasteiger partial charge in [-0.25, -0.2) is 0 Å². The van der Waals surface area contributed by atoms with E-state index in [2.05, 4.69) is 0 Å². The molecular weight excluding hydrogens is 233 g/mol. The fourth-order valence-corrected chi connectivity index (χ4v) is 1.15. The molecule has 1 rings (SSSR count). The van der Waals surface area contributed by atoms with Gasteiger partial charge in [-0.05, 0) is 11.6 Å². The van der Waals surface area contributed by atoms with Gasteiger partial charge in [-0.15, -0.1) is 0 Å². The Morgan fingerprint density at radius 2 is 1.88 bits per heavy atom. The molecule has 0 heterocycles. The highest BCUT2D eigenvalue weighted by Gasteiger charge is 2.22. The van der Waals surface area contributed by atoms with Gasteiger partial charge in [-0.3, -0.25) is 0 Å². The van der Waals surface area contributed by atoms with Crippen LogP contribution in [0.5, 0.6) is 0 Å². The SMILES string of the molecule is O[C@H](/C=C\C(F)(F)F)COCc1ccccc1. The topological polar surface area (TPSA) is 29.5 Å². The first-order chi connectivity index (χ1) is 7.97. The van der Waals surface area contributed by atoms with Gasteiger partial charge in [0.25, 0.3) is 0 Å². The van der Waals surface area contributed by atoms with Crippen LogP contribution in [0.2, 0.25) is 0 Å². The summed E-state index contributed by atoms with van der Waals surface area (Å²) in [7, 11) is 0. The first kappa shape index (κ1) is 13.7. The normalized spacial score (nSPS) is 14.1. The first-order valence-electron chi connectivity index (χ1n) is 5.03. The monoisotopic (exact) mass is 246 g/mol. The highest BCUT2D eigenvalue weighted by Crippen LogP contribution is 2.16. The molecule has 17 heavy (non-hydrogen) atoms. The van der Waals surface area contributed by atoms with Crippen molar-refractivity contribution in [2.75, 3.05) is 6.61 Å². The summed E-state index contributed by atoms with van der Waals surface area (Å²) >= 11 is 0. The minimum atomic E-state index is -4.40. The number of alkyl halides is 3. The molecule has 0 aliphatic carbocycles. The van der Waals surface area contributed by atoms with Gasteiger partial charge in [0.05, 0.1) is 19.3 Å². The third-order valence-electron chi connectivity index (χ3n) is 1.91. The van der Waals surface area contributed by atoms with Gasteiger partial charge >= 0.3 is 6.18 Å². The Balaban J connectivity index is 2.25. The summed E-state index contributed by atoms with van der Waals surface area (Å²) in [6, 6.07) is 9.18. The van der Waals surface area contributed by atoms with Crippen LogP contribution < -0.4 is 0 Å². The minimum absolute atomic E-state index is 0.00352. The summed E-state index contributed by atoms with van der Waals surface area (Å²) in [6.07, 6.45) is -4.98. The van der Waals surface area contributed by atoms with E-state index in [-0.39, 0.29) is 19.3 Å². The summed E-state index contributed by atoms with van der Waals surface area (Å²) < 4.78 is 40.4. The fourth-order valence-electron chi connectivity index (χ4n) is 1.15. The third kappa shape index (κ3) is 6.76. The first-order valence-corrected chi connectivity index (χ1v) is 5.03. The van der Waals surface area contributed by atoms with E-state index < -0.39 is 12.3 Å². The van der Waals surface area contributed by atoms with Crippen molar-refractivity contribution in [3.63, 3.8) is 0 Å². The van der Waals surface area contributed by atoms with Crippen molar-refractivity contribution < 1.29 is 23.0 Å². The number of rotatable bonds is 5. The second-order valence-corrected chi connectivity index (χ2v) is 3.47. The molecule has 1 aromatic rings. The molecule has 0 aliphatic heterocycles. The number of ether oxygens (including phenoxy) is 1. The minimum Gasteiger partial charge on any atom is -0.387 e. The van der Waals surface area contributed by atoms with Crippen LogP contribution in [0.3, 0.4) is 0 Å². The highest BCUT2D eigenvalue weighted by molar-refractivity contribution is 5.13. The molecule has 0 saturated carbocycles. The van der Waals surface area contributed by atoms with E-state index in [4.69, 9.17) is 4.74 Å². The van der Waals surface area contributed by atoms with Crippen molar-refractivity contribution in [3.8, 4) is 0 Å². The zero-order chi connectivity index (χ0) is 12.7. The molecule has 0 amide bonds. The van der Waals surface area contributed by atoms with E-state index in [0.29, 0.717) is 6.08 Å². The number of allylic oxidation sites excluding steroid dienone is 1. The Labute approximate surface area is 97.3 Å². The van der Waals surface area contributed by atoms with Gasteiger partial charge < -0.3 is 9.84 Å². The van der Waals surface area contributed by atoms with Crippen LogP contribution in [0.15, 0.2) is 42.5 Å². The smallest absolute Gasteiger partial charge is 0.387 e. The Bertz CT molecular complexity index is 347. The summed E-state index contributed by atoms with van der Waals surface area (Å²) in [5.74, 6) is 0. The standard InChI is InChI=1S/C12H13F3O2/c13-12(14,15)7-6-11(16)9-17-8-10-4-2-1-3-5-10/h1-7,11,16H,8-9H2/b7-6-/t11-/m1/s1. The lowest BCUT2D eigenvalue weighted by Crippen LogP contribution is -2.14. The number of hydrogen-bond acceptors (Lipinski definition) is 2. The van der Waals surface area contributed by atoms with Gasteiger partial charge in [0.15, 0.2) is 0 Å². The Hall–Kier alpha value is -1.33. The van der Waals surface area contributed by atoms with E-state index in [9.17, 15) is 18.3 Å². The van der Waals surface area contributed by atoms with Gasteiger partial charge in [-0.1, -0.05) is 30.3 Å². The van der Waals surface area contributed by atoms with E-state index in [0.717, 1.165) is 5.56 Å². The average molecular weight is 246 g/mol. The zero-order valence-corrected chi connectivity index (χ0v) is 9.02. The van der Waals surface area contributed by atoms with Crippen LogP contribution in [0, 0.1) is 0 Å². The molecule has 0 bridgehead atoms. The Morgan fingerprint density at radius 3 is 2.47 bits per heavy atom. The van der Waals surface area contributed by atoms with Gasteiger partial charge in [0.2, 0.25) is 0 Å². The largest absolute Gasteiger partial charge is 0.409 e. The van der Waals surface area contributed by atoms with Crippen LogP contribution >= 0.6 is 0 Å². The molecule has 94 valence electrons. The molecule has 2 nitrogen and oxygen atoms in total. The van der Waals surface area contributed by atoms with Crippen LogP contribution in [0.4, 0.5) is 13.2 Å². The molecule has 0 spiro atoms. The lowest BCUT2D eigenvalue weighted by atomic mass is 10.2. The summed E-state index contributed by atoms with van der Waals surface area (Å²) in [5.41, 5.74) is 0.902. The molecule has 1 N–H and O–H groups in total. The third-order valence-corrected chi connectivity index (χ3v) is 1.91. The maximum absolute atomic E-state index is 11.8. The van der Waals surface area contributed by atoms with Gasteiger partial charge in [0.1, 0.15) is 0 Å². The maximum Gasteiger partial charge on any atom is 0.409 e. The molecule has 0 saturated heterocycles. The number of aliphatic hydroxyl groups excluding tert-OH is 1. The Kier molecular flexibility index (Phi) is 5.18. The lowest BCUT2D eigenvalue weighted by molar-refractivity contribution is -0.0809. The molecule has 0 aliphatic rings. The van der Waals surface area contributed by atoms with Crippen molar-refractivity contribution in [2.45, 2.75) is 18.9 Å². The number of benzene rings is 1. The second-order valence-electron chi connectivity index (χ2n) is 3.47. The molecule has 0 fully saturated rings. The van der Waals surface area contributed by atoms with Gasteiger partial charge in [-0.2, -0.15) is 13.2 Å². The van der Waals surface area contributed by atoms with Gasteiger partial charge in [0, 0.05) is 6.08 Å². The molecular formula is C12H13F3O2. The maximum atomic E-state index is 11.8. The predicted molar refractivity (Wildman–Crippen MR) is 57.3 cm³/mol. The van der Waals surface area contributed by atoms with Crippen LogP contribution in [-0.4, -0.2) is 24.0 Å². The second kappa shape index (κ2) is 6.42. The highest BCUT2D eigenvalue weighted by atomic mass is 19.4. The van der Waals surface area contributed by atoms with Crippen LogP contribution in [-0.2, 0) is 11.3 Å². The molecule has 1 atom stereocenters.